The minimum atomic E-state index is -0.568. The Morgan fingerprint density at radius 1 is 1.08 bits per heavy atom. The first-order chi connectivity index (χ1) is 17.1. The molecule has 2 N–H and O–H groups in total. The Morgan fingerprint density at radius 3 is 2.44 bits per heavy atom. The summed E-state index contributed by atoms with van der Waals surface area (Å²) in [5.41, 5.74) is 1.54. The van der Waals surface area contributed by atoms with Gasteiger partial charge in [-0.25, -0.2) is 4.68 Å². The minimum absolute atomic E-state index is 0.0618. The van der Waals surface area contributed by atoms with E-state index >= 15 is 0 Å². The average Bonchev–Trinajstić information content (AvgIpc) is 3.54. The highest BCUT2D eigenvalue weighted by atomic mass is 35.5. The van der Waals surface area contributed by atoms with Gasteiger partial charge in [-0.2, -0.15) is 15.3 Å². The van der Waals surface area contributed by atoms with Crippen LogP contribution in [0.1, 0.15) is 26.7 Å². The number of ether oxygens (including phenoxy) is 1. The van der Waals surface area contributed by atoms with Gasteiger partial charge in [-0.3, -0.25) is 29.1 Å². The van der Waals surface area contributed by atoms with E-state index in [9.17, 15) is 19.7 Å². The van der Waals surface area contributed by atoms with Crippen LogP contribution in [0, 0.1) is 17.0 Å². The molecule has 2 amide bonds. The lowest BCUT2D eigenvalue weighted by Gasteiger charge is -2.09. The number of carbonyl (C=O) groups is 2. The van der Waals surface area contributed by atoms with E-state index in [0.717, 1.165) is 5.69 Å². The molecule has 4 aromatic rings. The molecule has 3 aromatic heterocycles. The summed E-state index contributed by atoms with van der Waals surface area (Å²) in [5.74, 6) is -0.819. The van der Waals surface area contributed by atoms with Crippen LogP contribution in [0.4, 0.5) is 17.1 Å². The molecule has 14 nitrogen and oxygen atoms in total. The number of anilines is 2. The highest BCUT2D eigenvalue weighted by Gasteiger charge is 2.21. The SMILES string of the molecule is Cc1c(NC(=O)c2c(NC(=O)c3ccn(COc4ccc([N+](=O)[O-])cc4Cl)n3)cnn2C)cnn1C. The van der Waals surface area contributed by atoms with E-state index in [0.29, 0.717) is 5.69 Å². The molecule has 186 valence electrons. The van der Waals surface area contributed by atoms with Crippen molar-refractivity contribution in [1.82, 2.24) is 29.3 Å². The van der Waals surface area contributed by atoms with Gasteiger partial charge in [0, 0.05) is 32.4 Å². The van der Waals surface area contributed by atoms with Crippen molar-refractivity contribution < 1.29 is 19.2 Å². The first-order valence-corrected chi connectivity index (χ1v) is 10.8. The number of hydrogen-bond acceptors (Lipinski definition) is 8. The van der Waals surface area contributed by atoms with Gasteiger partial charge in [0.2, 0.25) is 0 Å². The van der Waals surface area contributed by atoms with Crippen LogP contribution in [0.2, 0.25) is 5.02 Å². The number of hydrogen-bond donors (Lipinski definition) is 2. The monoisotopic (exact) mass is 513 g/mol. The summed E-state index contributed by atoms with van der Waals surface area (Å²) in [6, 6.07) is 5.28. The molecule has 0 unspecified atom stereocenters. The number of nitro benzene ring substituents is 1. The lowest BCUT2D eigenvalue weighted by Crippen LogP contribution is -2.21. The van der Waals surface area contributed by atoms with Crippen molar-refractivity contribution in [2.75, 3.05) is 10.6 Å². The summed E-state index contributed by atoms with van der Waals surface area (Å²) in [6.45, 7) is 1.71. The lowest BCUT2D eigenvalue weighted by molar-refractivity contribution is -0.384. The number of nitrogens with one attached hydrogen (secondary N) is 2. The number of nitro groups is 1. The van der Waals surface area contributed by atoms with Crippen molar-refractivity contribution in [1.29, 1.82) is 0 Å². The van der Waals surface area contributed by atoms with Crippen LogP contribution in [0.3, 0.4) is 0 Å². The van der Waals surface area contributed by atoms with E-state index in [1.165, 1.54) is 52.2 Å². The fraction of sp³-hybridized carbons (Fsp3) is 0.190. The van der Waals surface area contributed by atoms with Crippen molar-refractivity contribution in [3.63, 3.8) is 0 Å². The largest absolute Gasteiger partial charge is 0.470 e. The Balaban J connectivity index is 1.42. The molecule has 0 aliphatic heterocycles. The number of nitrogens with zero attached hydrogens (tertiary/aromatic N) is 7. The van der Waals surface area contributed by atoms with E-state index < -0.39 is 16.7 Å². The maximum Gasteiger partial charge on any atom is 0.276 e. The Labute approximate surface area is 208 Å². The number of aryl methyl sites for hydroxylation is 2. The van der Waals surface area contributed by atoms with Gasteiger partial charge in [-0.05, 0) is 19.1 Å². The van der Waals surface area contributed by atoms with Crippen molar-refractivity contribution >= 4 is 40.5 Å². The fourth-order valence-electron chi connectivity index (χ4n) is 3.20. The van der Waals surface area contributed by atoms with Gasteiger partial charge in [0.25, 0.3) is 17.5 Å². The van der Waals surface area contributed by atoms with Gasteiger partial charge in [0.15, 0.2) is 12.4 Å². The van der Waals surface area contributed by atoms with Crippen LogP contribution in [-0.4, -0.2) is 46.1 Å². The molecule has 3 heterocycles. The quantitative estimate of drug-likeness (QED) is 0.268. The molecule has 0 radical (unpaired) electrons. The average molecular weight is 514 g/mol. The van der Waals surface area contributed by atoms with Crippen LogP contribution < -0.4 is 15.4 Å². The third-order valence-electron chi connectivity index (χ3n) is 5.24. The highest BCUT2D eigenvalue weighted by Crippen LogP contribution is 2.28. The predicted molar refractivity (Wildman–Crippen MR) is 128 cm³/mol. The third kappa shape index (κ3) is 5.02. The first-order valence-electron chi connectivity index (χ1n) is 10.4. The van der Waals surface area contributed by atoms with Gasteiger partial charge in [0.1, 0.15) is 11.4 Å². The number of carbonyl (C=O) groups excluding carboxylic acids is 2. The fourth-order valence-corrected chi connectivity index (χ4v) is 3.43. The maximum absolute atomic E-state index is 12.9. The van der Waals surface area contributed by atoms with Gasteiger partial charge < -0.3 is 15.4 Å². The summed E-state index contributed by atoms with van der Waals surface area (Å²) >= 11 is 6.02. The molecule has 15 heteroatoms. The van der Waals surface area contributed by atoms with E-state index in [-0.39, 0.29) is 40.3 Å². The van der Waals surface area contributed by atoms with Gasteiger partial charge in [-0.1, -0.05) is 11.6 Å². The van der Waals surface area contributed by atoms with Gasteiger partial charge >= 0.3 is 0 Å². The molecule has 0 fully saturated rings. The van der Waals surface area contributed by atoms with Crippen LogP contribution in [0.15, 0.2) is 42.9 Å². The molecular formula is C21H20ClN9O5. The summed E-state index contributed by atoms with van der Waals surface area (Å²) in [7, 11) is 3.33. The van der Waals surface area contributed by atoms with Crippen molar-refractivity contribution in [3.8, 4) is 5.75 Å². The number of aromatic nitrogens is 6. The molecule has 0 aliphatic carbocycles. The Bertz CT molecular complexity index is 1470. The van der Waals surface area contributed by atoms with Crippen LogP contribution in [0.25, 0.3) is 0 Å². The van der Waals surface area contributed by atoms with E-state index in [1.54, 1.807) is 18.8 Å². The topological polar surface area (TPSA) is 164 Å². The zero-order valence-electron chi connectivity index (χ0n) is 19.3. The second kappa shape index (κ2) is 9.87. The van der Waals surface area contributed by atoms with Crippen molar-refractivity contribution in [2.45, 2.75) is 13.7 Å². The smallest absolute Gasteiger partial charge is 0.276 e. The summed E-state index contributed by atoms with van der Waals surface area (Å²) in [4.78, 5) is 35.9. The zero-order chi connectivity index (χ0) is 26.0. The van der Waals surface area contributed by atoms with Crippen LogP contribution in [0.5, 0.6) is 5.75 Å². The van der Waals surface area contributed by atoms with Crippen molar-refractivity contribution in [2.24, 2.45) is 14.1 Å². The Kier molecular flexibility index (Phi) is 6.69. The molecular weight excluding hydrogens is 494 g/mol. The van der Waals surface area contributed by atoms with Gasteiger partial charge in [-0.15, -0.1) is 0 Å². The Morgan fingerprint density at radius 2 is 1.78 bits per heavy atom. The highest BCUT2D eigenvalue weighted by molar-refractivity contribution is 6.32. The Hall–Kier alpha value is -4.72. The molecule has 1 aromatic carbocycles. The predicted octanol–water partition coefficient (Wildman–Crippen LogP) is 2.76. The molecule has 0 saturated heterocycles. The zero-order valence-corrected chi connectivity index (χ0v) is 20.1. The van der Waals surface area contributed by atoms with E-state index in [1.807, 2.05) is 6.92 Å². The van der Waals surface area contributed by atoms with E-state index in [4.69, 9.17) is 16.3 Å². The summed E-state index contributed by atoms with van der Waals surface area (Å²) in [6.07, 6.45) is 4.40. The van der Waals surface area contributed by atoms with Crippen LogP contribution >= 0.6 is 11.6 Å². The minimum Gasteiger partial charge on any atom is -0.470 e. The molecule has 0 aliphatic rings. The summed E-state index contributed by atoms with van der Waals surface area (Å²) < 4.78 is 9.84. The molecule has 36 heavy (non-hydrogen) atoms. The second-order valence-corrected chi connectivity index (χ2v) is 8.00. The van der Waals surface area contributed by atoms with Crippen LogP contribution in [-0.2, 0) is 20.8 Å². The number of rotatable bonds is 8. The normalized spacial score (nSPS) is 10.8. The number of benzene rings is 1. The lowest BCUT2D eigenvalue weighted by atomic mass is 10.3. The molecule has 0 atom stereocenters. The third-order valence-corrected chi connectivity index (χ3v) is 5.53. The maximum atomic E-state index is 12.9. The number of amides is 2. The molecule has 0 bridgehead atoms. The number of non-ortho nitro benzene ring substituents is 1. The molecule has 0 saturated carbocycles. The van der Waals surface area contributed by atoms with E-state index in [2.05, 4.69) is 25.9 Å². The first kappa shape index (κ1) is 24.4. The summed E-state index contributed by atoms with van der Waals surface area (Å²) in [5, 5.41) is 28.6. The molecule has 0 spiro atoms. The standard InChI is InChI=1S/C21H20ClN9O5/c1-12-16(9-23-28(12)2)25-21(33)19-17(10-24-29(19)3)26-20(32)15-6-7-30(27-15)11-36-18-5-4-13(31(34)35)8-14(18)22/h4-10H,11H2,1-3H3,(H,25,33)(H,26,32). The number of halogens is 1. The van der Waals surface area contributed by atoms with Crippen molar-refractivity contribution in [3.05, 3.63) is 75.1 Å². The second-order valence-electron chi connectivity index (χ2n) is 7.59. The van der Waals surface area contributed by atoms with Gasteiger partial charge in [0.05, 0.1) is 39.4 Å². The molecule has 4 rings (SSSR count).